The van der Waals surface area contributed by atoms with Gasteiger partial charge in [0.2, 0.25) is 0 Å². The predicted octanol–water partition coefficient (Wildman–Crippen LogP) is 6.44. The van der Waals surface area contributed by atoms with Gasteiger partial charge in [0, 0.05) is 17.7 Å². The van der Waals surface area contributed by atoms with E-state index in [4.69, 9.17) is 4.42 Å². The Morgan fingerprint density at radius 3 is 2.55 bits per heavy atom. The summed E-state index contributed by atoms with van der Waals surface area (Å²) in [5, 5.41) is 4.99. The molecule has 1 amide bonds. The zero-order valence-electron chi connectivity index (χ0n) is 17.5. The molecule has 4 aromatic carbocycles. The predicted molar refractivity (Wildman–Crippen MR) is 125 cm³/mol. The Labute approximate surface area is 180 Å². The summed E-state index contributed by atoms with van der Waals surface area (Å²) in [6.07, 6.45) is 0.602. The molecule has 1 N–H and O–H groups in total. The van der Waals surface area contributed by atoms with Gasteiger partial charge < -0.3 is 9.73 Å². The van der Waals surface area contributed by atoms with Crippen LogP contribution in [0, 0.1) is 13.8 Å². The van der Waals surface area contributed by atoms with Crippen LogP contribution in [0.1, 0.15) is 32.9 Å². The zero-order valence-corrected chi connectivity index (χ0v) is 17.5. The zero-order chi connectivity index (χ0) is 21.4. The third-order valence-corrected chi connectivity index (χ3v) is 5.47. The number of hydrogen-bond donors (Lipinski definition) is 1. The number of aromatic nitrogens is 1. The molecule has 0 aliphatic carbocycles. The third kappa shape index (κ3) is 3.80. The first kappa shape index (κ1) is 19.1. The van der Waals surface area contributed by atoms with Crippen LogP contribution < -0.4 is 5.32 Å². The second-order valence-corrected chi connectivity index (χ2v) is 7.89. The summed E-state index contributed by atoms with van der Waals surface area (Å²) in [5.74, 6) is 0.575. The molecule has 1 aromatic heterocycles. The van der Waals surface area contributed by atoms with E-state index in [1.54, 1.807) is 0 Å². The molecule has 0 radical (unpaired) electrons. The Hall–Kier alpha value is -3.92. The van der Waals surface area contributed by atoms with E-state index in [0.717, 1.165) is 38.7 Å². The van der Waals surface area contributed by atoms with Crippen LogP contribution in [-0.2, 0) is 6.42 Å². The number of amides is 1. The molecule has 0 aliphatic heterocycles. The molecule has 5 rings (SSSR count). The van der Waals surface area contributed by atoms with Gasteiger partial charge in [-0.2, -0.15) is 0 Å². The Kier molecular flexibility index (Phi) is 4.75. The van der Waals surface area contributed by atoms with Gasteiger partial charge in [-0.15, -0.1) is 0 Å². The van der Waals surface area contributed by atoms with Gasteiger partial charge in [-0.25, -0.2) is 4.98 Å². The second kappa shape index (κ2) is 7.73. The maximum Gasteiger partial charge on any atom is 0.256 e. The van der Waals surface area contributed by atoms with Crippen molar-refractivity contribution in [1.29, 1.82) is 0 Å². The molecule has 152 valence electrons. The minimum atomic E-state index is -0.116. The van der Waals surface area contributed by atoms with Gasteiger partial charge in [0.25, 0.3) is 5.91 Å². The number of aryl methyl sites for hydroxylation is 2. The van der Waals surface area contributed by atoms with Crippen molar-refractivity contribution in [3.8, 4) is 0 Å². The molecule has 0 atom stereocenters. The highest BCUT2D eigenvalue weighted by Gasteiger charge is 2.12. The lowest BCUT2D eigenvalue weighted by molar-refractivity contribution is 0.102. The van der Waals surface area contributed by atoms with E-state index in [9.17, 15) is 4.79 Å². The van der Waals surface area contributed by atoms with Crippen LogP contribution in [0.5, 0.6) is 0 Å². The number of nitrogens with one attached hydrogen (secondary N) is 1. The summed E-state index contributed by atoms with van der Waals surface area (Å²) < 4.78 is 5.97. The van der Waals surface area contributed by atoms with Crippen LogP contribution in [0.3, 0.4) is 0 Å². The van der Waals surface area contributed by atoms with Crippen molar-refractivity contribution in [3.05, 3.63) is 107 Å². The Morgan fingerprint density at radius 2 is 1.71 bits per heavy atom. The van der Waals surface area contributed by atoms with E-state index in [2.05, 4.69) is 23.3 Å². The largest absolute Gasteiger partial charge is 0.440 e. The summed E-state index contributed by atoms with van der Waals surface area (Å²) in [6, 6.07) is 25.6. The number of rotatable bonds is 4. The highest BCUT2D eigenvalue weighted by molar-refractivity contribution is 6.12. The van der Waals surface area contributed by atoms with E-state index in [-0.39, 0.29) is 5.91 Å². The Morgan fingerprint density at radius 1 is 0.935 bits per heavy atom. The first-order valence-corrected chi connectivity index (χ1v) is 10.3. The highest BCUT2D eigenvalue weighted by Crippen LogP contribution is 2.24. The Bertz CT molecular complexity index is 1410. The molecule has 0 spiro atoms. The summed E-state index contributed by atoms with van der Waals surface area (Å²) in [6.45, 7) is 4.10. The van der Waals surface area contributed by atoms with Crippen LogP contribution in [0.4, 0.5) is 5.69 Å². The molecule has 0 fully saturated rings. The van der Waals surface area contributed by atoms with Crippen LogP contribution in [0.2, 0.25) is 0 Å². The van der Waals surface area contributed by atoms with Crippen LogP contribution >= 0.6 is 0 Å². The number of carbonyl (C=O) groups excluding carboxylic acids is 1. The van der Waals surface area contributed by atoms with E-state index in [1.165, 1.54) is 5.56 Å². The van der Waals surface area contributed by atoms with E-state index >= 15 is 0 Å². The first-order chi connectivity index (χ1) is 15.1. The fourth-order valence-electron chi connectivity index (χ4n) is 4.00. The highest BCUT2D eigenvalue weighted by atomic mass is 16.3. The Balaban J connectivity index is 1.33. The maximum atomic E-state index is 12.8. The minimum absolute atomic E-state index is 0.116. The topological polar surface area (TPSA) is 55.1 Å². The maximum absolute atomic E-state index is 12.8. The SMILES string of the molecule is Cc1cc(C)c2oc(Cc3ccc(NC(=O)c4cccc5ccccc45)cc3)nc2c1. The molecule has 1 heterocycles. The van der Waals surface area contributed by atoms with Gasteiger partial charge in [0.1, 0.15) is 5.52 Å². The van der Waals surface area contributed by atoms with Crippen molar-refractivity contribution in [2.75, 3.05) is 5.32 Å². The molecule has 0 saturated carbocycles. The number of benzene rings is 4. The van der Waals surface area contributed by atoms with Gasteiger partial charge in [-0.3, -0.25) is 4.79 Å². The number of carbonyl (C=O) groups is 1. The normalized spacial score (nSPS) is 11.2. The van der Waals surface area contributed by atoms with E-state index in [0.29, 0.717) is 17.9 Å². The monoisotopic (exact) mass is 406 g/mol. The lowest BCUT2D eigenvalue weighted by atomic mass is 10.0. The summed E-state index contributed by atoms with van der Waals surface area (Å²) >= 11 is 0. The van der Waals surface area contributed by atoms with Crippen molar-refractivity contribution in [1.82, 2.24) is 4.98 Å². The van der Waals surface area contributed by atoms with E-state index in [1.807, 2.05) is 79.7 Å². The molecule has 31 heavy (non-hydrogen) atoms. The standard InChI is InChI=1S/C27H22N2O2/c1-17-14-18(2)26-24(15-17)29-25(31-26)16-19-10-12-21(13-11-19)28-27(30)23-9-5-7-20-6-3-4-8-22(20)23/h3-15H,16H2,1-2H3,(H,28,30). The molecule has 0 unspecified atom stereocenters. The van der Waals surface area contributed by atoms with Crippen molar-refractivity contribution in [2.45, 2.75) is 20.3 Å². The molecule has 0 saturated heterocycles. The molecule has 0 bridgehead atoms. The lowest BCUT2D eigenvalue weighted by Crippen LogP contribution is -2.12. The molecule has 4 heteroatoms. The molecular formula is C27H22N2O2. The van der Waals surface area contributed by atoms with Crippen molar-refractivity contribution < 1.29 is 9.21 Å². The number of anilines is 1. The van der Waals surface area contributed by atoms with Gasteiger partial charge in [0.05, 0.1) is 0 Å². The van der Waals surface area contributed by atoms with E-state index < -0.39 is 0 Å². The average Bonchev–Trinajstić information content (AvgIpc) is 3.17. The fourth-order valence-corrected chi connectivity index (χ4v) is 4.00. The quantitative estimate of drug-likeness (QED) is 0.374. The number of hydrogen-bond acceptors (Lipinski definition) is 3. The van der Waals surface area contributed by atoms with Crippen molar-refractivity contribution >= 4 is 33.5 Å². The van der Waals surface area contributed by atoms with Gasteiger partial charge in [0.15, 0.2) is 11.5 Å². The van der Waals surface area contributed by atoms with Gasteiger partial charge in [-0.05, 0) is 65.6 Å². The van der Waals surface area contributed by atoms with Gasteiger partial charge >= 0.3 is 0 Å². The number of nitrogens with zero attached hydrogens (tertiary/aromatic N) is 1. The summed E-state index contributed by atoms with van der Waals surface area (Å²) in [4.78, 5) is 17.5. The molecule has 0 aliphatic rings. The molecule has 4 nitrogen and oxygen atoms in total. The minimum Gasteiger partial charge on any atom is -0.440 e. The van der Waals surface area contributed by atoms with Crippen LogP contribution in [0.15, 0.2) is 83.3 Å². The lowest BCUT2D eigenvalue weighted by Gasteiger charge is -2.09. The smallest absolute Gasteiger partial charge is 0.256 e. The third-order valence-electron chi connectivity index (χ3n) is 5.47. The van der Waals surface area contributed by atoms with Crippen molar-refractivity contribution in [3.63, 3.8) is 0 Å². The summed E-state index contributed by atoms with van der Waals surface area (Å²) in [5.41, 5.74) is 6.51. The number of fused-ring (bicyclic) bond motifs is 2. The molecule has 5 aromatic rings. The molecular weight excluding hydrogens is 384 g/mol. The van der Waals surface area contributed by atoms with Gasteiger partial charge in [-0.1, -0.05) is 54.6 Å². The van der Waals surface area contributed by atoms with Crippen LogP contribution in [-0.4, -0.2) is 10.9 Å². The first-order valence-electron chi connectivity index (χ1n) is 10.3. The van der Waals surface area contributed by atoms with Crippen molar-refractivity contribution in [2.24, 2.45) is 0 Å². The number of oxazole rings is 1. The van der Waals surface area contributed by atoms with Crippen LogP contribution in [0.25, 0.3) is 21.9 Å². The second-order valence-electron chi connectivity index (χ2n) is 7.89. The fraction of sp³-hybridized carbons (Fsp3) is 0.111. The average molecular weight is 406 g/mol. The summed E-state index contributed by atoms with van der Waals surface area (Å²) in [7, 11) is 0.